The summed E-state index contributed by atoms with van der Waals surface area (Å²) in [5, 5.41) is 8.73. The number of hydrogen-bond acceptors (Lipinski definition) is 3. The molecule has 70 valence electrons. The number of aromatic carboxylic acids is 1. The summed E-state index contributed by atoms with van der Waals surface area (Å²) in [5.41, 5.74) is 1.58. The van der Waals surface area contributed by atoms with Gasteiger partial charge in [0.25, 0.3) is 0 Å². The van der Waals surface area contributed by atoms with Gasteiger partial charge in [-0.25, -0.2) is 4.79 Å². The topological polar surface area (TPSA) is 59.4 Å². The average molecular weight is 181 g/mol. The van der Waals surface area contributed by atoms with Gasteiger partial charge in [0.05, 0.1) is 17.9 Å². The van der Waals surface area contributed by atoms with E-state index in [9.17, 15) is 4.79 Å². The zero-order valence-electron chi connectivity index (χ0n) is 7.57. The van der Waals surface area contributed by atoms with Crippen LogP contribution in [0.5, 0.6) is 0 Å². The van der Waals surface area contributed by atoms with Crippen molar-refractivity contribution in [2.45, 2.75) is 13.5 Å². The van der Waals surface area contributed by atoms with Gasteiger partial charge in [-0.1, -0.05) is 0 Å². The summed E-state index contributed by atoms with van der Waals surface area (Å²) >= 11 is 0. The molecular formula is C9H11NO3. The lowest BCUT2D eigenvalue weighted by Crippen LogP contribution is -2.02. The molecule has 0 aliphatic rings. The minimum Gasteiger partial charge on any atom is -0.478 e. The quantitative estimate of drug-likeness (QED) is 0.762. The van der Waals surface area contributed by atoms with Gasteiger partial charge in [0.1, 0.15) is 0 Å². The number of carbonyl (C=O) groups is 1. The Hall–Kier alpha value is -1.42. The number of nitrogens with zero attached hydrogens (tertiary/aromatic N) is 1. The second kappa shape index (κ2) is 4.00. The highest BCUT2D eigenvalue weighted by atomic mass is 16.5. The fourth-order valence-corrected chi connectivity index (χ4v) is 1.08. The lowest BCUT2D eigenvalue weighted by molar-refractivity contribution is 0.0696. The molecule has 4 heteroatoms. The first-order valence-electron chi connectivity index (χ1n) is 3.83. The maximum Gasteiger partial charge on any atom is 0.335 e. The van der Waals surface area contributed by atoms with Crippen LogP contribution in [0.25, 0.3) is 0 Å². The molecule has 0 fully saturated rings. The van der Waals surface area contributed by atoms with E-state index in [4.69, 9.17) is 9.84 Å². The molecule has 1 aromatic heterocycles. The van der Waals surface area contributed by atoms with E-state index in [1.54, 1.807) is 14.0 Å². The first-order chi connectivity index (χ1) is 6.13. The molecule has 1 N–H and O–H groups in total. The summed E-state index contributed by atoms with van der Waals surface area (Å²) in [7, 11) is 1.55. The first-order valence-corrected chi connectivity index (χ1v) is 3.83. The lowest BCUT2D eigenvalue weighted by Gasteiger charge is -2.02. The summed E-state index contributed by atoms with van der Waals surface area (Å²) in [6.45, 7) is 2.09. The van der Waals surface area contributed by atoms with Gasteiger partial charge < -0.3 is 9.84 Å². The predicted octanol–water partition coefficient (Wildman–Crippen LogP) is 1.23. The van der Waals surface area contributed by atoms with E-state index in [-0.39, 0.29) is 5.56 Å². The number of rotatable bonds is 3. The standard InChI is InChI=1S/C9H11NO3/c1-6-3-7(9(11)12)4-8(10-6)5-13-2/h3-4H,5H2,1-2H3,(H,11,12). The maximum atomic E-state index is 10.6. The van der Waals surface area contributed by atoms with E-state index in [1.807, 2.05) is 0 Å². The number of ether oxygens (including phenoxy) is 1. The fraction of sp³-hybridized carbons (Fsp3) is 0.333. The summed E-state index contributed by atoms with van der Waals surface area (Å²) in [4.78, 5) is 14.8. The Morgan fingerprint density at radius 1 is 1.62 bits per heavy atom. The molecule has 0 spiro atoms. The van der Waals surface area contributed by atoms with Crippen LogP contribution in [0.15, 0.2) is 12.1 Å². The molecule has 0 saturated heterocycles. The lowest BCUT2D eigenvalue weighted by atomic mass is 10.2. The van der Waals surface area contributed by atoms with Crippen LogP contribution < -0.4 is 0 Å². The molecule has 1 heterocycles. The van der Waals surface area contributed by atoms with Gasteiger partial charge in [0, 0.05) is 12.8 Å². The van der Waals surface area contributed by atoms with Crippen molar-refractivity contribution in [1.82, 2.24) is 4.98 Å². The molecule has 0 bridgehead atoms. The molecule has 1 aromatic rings. The molecular weight excluding hydrogens is 170 g/mol. The highest BCUT2D eigenvalue weighted by Crippen LogP contribution is 2.06. The van der Waals surface area contributed by atoms with E-state index < -0.39 is 5.97 Å². The van der Waals surface area contributed by atoms with Crippen LogP contribution in [-0.4, -0.2) is 23.2 Å². The molecule has 0 aliphatic carbocycles. The van der Waals surface area contributed by atoms with Crippen LogP contribution in [0, 0.1) is 6.92 Å². The SMILES string of the molecule is COCc1cc(C(=O)O)cc(C)n1. The van der Waals surface area contributed by atoms with E-state index in [0.717, 1.165) is 0 Å². The zero-order chi connectivity index (χ0) is 9.84. The van der Waals surface area contributed by atoms with Crippen molar-refractivity contribution in [3.05, 3.63) is 29.1 Å². The third kappa shape index (κ3) is 2.52. The number of carboxylic acids is 1. The van der Waals surface area contributed by atoms with Crippen molar-refractivity contribution in [2.24, 2.45) is 0 Å². The molecule has 0 aliphatic heterocycles. The minimum absolute atomic E-state index is 0.250. The Kier molecular flexibility index (Phi) is 2.97. The molecule has 13 heavy (non-hydrogen) atoms. The fourth-order valence-electron chi connectivity index (χ4n) is 1.08. The highest BCUT2D eigenvalue weighted by molar-refractivity contribution is 5.87. The van der Waals surface area contributed by atoms with Gasteiger partial charge in [0.15, 0.2) is 0 Å². The molecule has 0 atom stereocenters. The van der Waals surface area contributed by atoms with Gasteiger partial charge in [-0.15, -0.1) is 0 Å². The van der Waals surface area contributed by atoms with Gasteiger partial charge >= 0.3 is 5.97 Å². The number of aromatic nitrogens is 1. The average Bonchev–Trinajstić information content (AvgIpc) is 2.03. The summed E-state index contributed by atoms with van der Waals surface area (Å²) in [6, 6.07) is 3.04. The number of carboxylic acid groups (broad SMARTS) is 1. The van der Waals surface area contributed by atoms with E-state index in [1.165, 1.54) is 12.1 Å². The van der Waals surface area contributed by atoms with Crippen molar-refractivity contribution in [3.63, 3.8) is 0 Å². The van der Waals surface area contributed by atoms with Crippen LogP contribution in [0.1, 0.15) is 21.7 Å². The number of hydrogen-bond donors (Lipinski definition) is 1. The summed E-state index contributed by atoms with van der Waals surface area (Å²) in [6.07, 6.45) is 0. The second-order valence-corrected chi connectivity index (χ2v) is 2.73. The Labute approximate surface area is 76.2 Å². The van der Waals surface area contributed by atoms with Crippen LogP contribution >= 0.6 is 0 Å². The monoisotopic (exact) mass is 181 g/mol. The third-order valence-corrected chi connectivity index (χ3v) is 1.55. The Morgan fingerprint density at radius 2 is 2.31 bits per heavy atom. The number of methoxy groups -OCH3 is 1. The maximum absolute atomic E-state index is 10.6. The molecule has 0 radical (unpaired) electrons. The van der Waals surface area contributed by atoms with Crippen molar-refractivity contribution in [2.75, 3.05) is 7.11 Å². The van der Waals surface area contributed by atoms with Crippen LogP contribution in [0.2, 0.25) is 0 Å². The van der Waals surface area contributed by atoms with Crippen LogP contribution in [-0.2, 0) is 11.3 Å². The Morgan fingerprint density at radius 3 is 2.85 bits per heavy atom. The molecule has 1 rings (SSSR count). The van der Waals surface area contributed by atoms with Gasteiger partial charge in [-0.05, 0) is 19.1 Å². The number of aryl methyl sites for hydroxylation is 1. The van der Waals surface area contributed by atoms with Gasteiger partial charge in [0.2, 0.25) is 0 Å². The normalized spacial score (nSPS) is 10.0. The van der Waals surface area contributed by atoms with Gasteiger partial charge in [-0.3, -0.25) is 4.98 Å². The smallest absolute Gasteiger partial charge is 0.335 e. The molecule has 0 unspecified atom stereocenters. The largest absolute Gasteiger partial charge is 0.478 e. The molecule has 0 amide bonds. The first kappa shape index (κ1) is 9.67. The summed E-state index contributed by atoms with van der Waals surface area (Å²) < 4.78 is 4.86. The summed E-state index contributed by atoms with van der Waals surface area (Å²) in [5.74, 6) is -0.942. The minimum atomic E-state index is -0.942. The van der Waals surface area contributed by atoms with E-state index in [0.29, 0.717) is 18.0 Å². The highest BCUT2D eigenvalue weighted by Gasteiger charge is 2.05. The predicted molar refractivity (Wildman–Crippen MR) is 46.6 cm³/mol. The zero-order valence-corrected chi connectivity index (χ0v) is 7.57. The van der Waals surface area contributed by atoms with Gasteiger partial charge in [-0.2, -0.15) is 0 Å². The Balaban J connectivity index is 3.03. The third-order valence-electron chi connectivity index (χ3n) is 1.55. The molecule has 0 aromatic carbocycles. The second-order valence-electron chi connectivity index (χ2n) is 2.73. The molecule has 4 nitrogen and oxygen atoms in total. The van der Waals surface area contributed by atoms with Crippen molar-refractivity contribution >= 4 is 5.97 Å². The van der Waals surface area contributed by atoms with Crippen LogP contribution in [0.4, 0.5) is 0 Å². The molecule has 0 saturated carbocycles. The van der Waals surface area contributed by atoms with Crippen molar-refractivity contribution in [1.29, 1.82) is 0 Å². The van der Waals surface area contributed by atoms with Crippen molar-refractivity contribution < 1.29 is 14.6 Å². The Bertz CT molecular complexity index is 323. The van der Waals surface area contributed by atoms with E-state index >= 15 is 0 Å². The van der Waals surface area contributed by atoms with Crippen LogP contribution in [0.3, 0.4) is 0 Å². The van der Waals surface area contributed by atoms with E-state index in [2.05, 4.69) is 4.98 Å². The van der Waals surface area contributed by atoms with Crippen molar-refractivity contribution in [3.8, 4) is 0 Å². The number of pyridine rings is 1.